The molecule has 2 atom stereocenters. The second-order valence-corrected chi connectivity index (χ2v) is 6.65. The van der Waals surface area contributed by atoms with Crippen molar-refractivity contribution in [3.05, 3.63) is 29.8 Å². The van der Waals surface area contributed by atoms with Crippen molar-refractivity contribution in [3.8, 4) is 5.75 Å². The quantitative estimate of drug-likeness (QED) is 0.856. The Morgan fingerprint density at radius 3 is 2.70 bits per heavy atom. The molecular formula is C18H24N2O3. The Kier molecular flexibility index (Phi) is 4.28. The number of likely N-dealkylation sites (tertiary alicyclic amines) is 2. The molecule has 0 bridgehead atoms. The van der Waals surface area contributed by atoms with Crippen LogP contribution in [0.25, 0.3) is 0 Å². The van der Waals surface area contributed by atoms with E-state index in [1.807, 2.05) is 47.9 Å². The van der Waals surface area contributed by atoms with Gasteiger partial charge in [0, 0.05) is 25.6 Å². The third kappa shape index (κ3) is 2.92. The SMILES string of the molecule is COc1cccc([C@@H]2CCN2C(=O)[C@H]2CC(=O)N(C(C)C)C2)c1. The van der Waals surface area contributed by atoms with Crippen LogP contribution in [0.15, 0.2) is 24.3 Å². The summed E-state index contributed by atoms with van der Waals surface area (Å²) < 4.78 is 5.27. The standard InChI is InChI=1S/C18H24N2O3/c1-12(2)20-11-14(10-17(20)21)18(22)19-8-7-16(19)13-5-4-6-15(9-13)23-3/h4-6,9,12,14,16H,7-8,10-11H2,1-3H3/t14-,16-/m0/s1. The van der Waals surface area contributed by atoms with Gasteiger partial charge >= 0.3 is 0 Å². The number of benzene rings is 1. The maximum absolute atomic E-state index is 12.8. The Balaban J connectivity index is 1.70. The number of nitrogens with zero attached hydrogens (tertiary/aromatic N) is 2. The Bertz CT molecular complexity index is 614. The molecule has 2 saturated heterocycles. The first kappa shape index (κ1) is 15.8. The molecule has 1 aromatic carbocycles. The number of hydrogen-bond donors (Lipinski definition) is 0. The molecule has 0 spiro atoms. The minimum absolute atomic E-state index is 0.0943. The van der Waals surface area contributed by atoms with E-state index in [-0.39, 0.29) is 29.8 Å². The number of methoxy groups -OCH3 is 1. The van der Waals surface area contributed by atoms with Crippen molar-refractivity contribution in [1.82, 2.24) is 9.80 Å². The lowest BCUT2D eigenvalue weighted by atomic mass is 9.92. The number of rotatable bonds is 4. The number of carbonyl (C=O) groups is 2. The van der Waals surface area contributed by atoms with Crippen LogP contribution in [0.3, 0.4) is 0 Å². The van der Waals surface area contributed by atoms with Gasteiger partial charge in [-0.15, -0.1) is 0 Å². The van der Waals surface area contributed by atoms with Crippen LogP contribution in [0.5, 0.6) is 5.75 Å². The molecule has 0 radical (unpaired) electrons. The van der Waals surface area contributed by atoms with E-state index >= 15 is 0 Å². The van der Waals surface area contributed by atoms with Crippen LogP contribution in [0.2, 0.25) is 0 Å². The van der Waals surface area contributed by atoms with Crippen molar-refractivity contribution in [2.24, 2.45) is 5.92 Å². The van der Waals surface area contributed by atoms with Gasteiger partial charge in [-0.25, -0.2) is 0 Å². The highest BCUT2D eigenvalue weighted by atomic mass is 16.5. The van der Waals surface area contributed by atoms with E-state index in [4.69, 9.17) is 4.74 Å². The predicted octanol–water partition coefficient (Wildman–Crippen LogP) is 2.23. The third-order valence-electron chi connectivity index (χ3n) is 4.91. The minimum Gasteiger partial charge on any atom is -0.497 e. The molecule has 0 unspecified atom stereocenters. The van der Waals surface area contributed by atoms with E-state index < -0.39 is 0 Å². The normalized spacial score (nSPS) is 24.1. The van der Waals surface area contributed by atoms with Gasteiger partial charge in [-0.3, -0.25) is 9.59 Å². The molecule has 0 aliphatic carbocycles. The zero-order valence-corrected chi connectivity index (χ0v) is 14.0. The largest absolute Gasteiger partial charge is 0.497 e. The summed E-state index contributed by atoms with van der Waals surface area (Å²) >= 11 is 0. The summed E-state index contributed by atoms with van der Waals surface area (Å²) in [5, 5.41) is 0. The third-order valence-corrected chi connectivity index (χ3v) is 4.91. The summed E-state index contributed by atoms with van der Waals surface area (Å²) in [6, 6.07) is 8.16. The first-order chi connectivity index (χ1) is 11.0. The van der Waals surface area contributed by atoms with Crippen LogP contribution in [-0.4, -0.2) is 47.9 Å². The van der Waals surface area contributed by atoms with Gasteiger partial charge in [0.1, 0.15) is 5.75 Å². The molecule has 0 saturated carbocycles. The molecule has 5 nitrogen and oxygen atoms in total. The molecule has 2 aliphatic heterocycles. The summed E-state index contributed by atoms with van der Waals surface area (Å²) in [5.74, 6) is 0.819. The van der Waals surface area contributed by atoms with Crippen molar-refractivity contribution in [3.63, 3.8) is 0 Å². The lowest BCUT2D eigenvalue weighted by Crippen LogP contribution is -2.48. The van der Waals surface area contributed by atoms with E-state index in [1.165, 1.54) is 0 Å². The molecule has 23 heavy (non-hydrogen) atoms. The lowest BCUT2D eigenvalue weighted by Gasteiger charge is -2.42. The molecular weight excluding hydrogens is 292 g/mol. The molecule has 0 N–H and O–H groups in total. The molecule has 2 aliphatic rings. The highest BCUT2D eigenvalue weighted by Crippen LogP contribution is 2.37. The van der Waals surface area contributed by atoms with E-state index in [0.29, 0.717) is 13.0 Å². The topological polar surface area (TPSA) is 49.9 Å². The average molecular weight is 316 g/mol. The van der Waals surface area contributed by atoms with Crippen LogP contribution >= 0.6 is 0 Å². The van der Waals surface area contributed by atoms with Crippen molar-refractivity contribution in [2.75, 3.05) is 20.2 Å². The van der Waals surface area contributed by atoms with E-state index in [9.17, 15) is 9.59 Å². The van der Waals surface area contributed by atoms with Crippen molar-refractivity contribution in [2.45, 2.75) is 38.8 Å². The highest BCUT2D eigenvalue weighted by molar-refractivity contribution is 5.90. The van der Waals surface area contributed by atoms with Crippen LogP contribution in [-0.2, 0) is 9.59 Å². The van der Waals surface area contributed by atoms with Crippen LogP contribution in [0.1, 0.15) is 38.3 Å². The molecule has 3 rings (SSSR count). The van der Waals surface area contributed by atoms with Crippen LogP contribution in [0, 0.1) is 5.92 Å². The molecule has 5 heteroatoms. The van der Waals surface area contributed by atoms with Crippen molar-refractivity contribution in [1.29, 1.82) is 0 Å². The second kappa shape index (κ2) is 6.22. The second-order valence-electron chi connectivity index (χ2n) is 6.65. The van der Waals surface area contributed by atoms with Gasteiger partial charge < -0.3 is 14.5 Å². The molecule has 1 aromatic rings. The summed E-state index contributed by atoms with van der Waals surface area (Å²) in [5.41, 5.74) is 1.11. The van der Waals surface area contributed by atoms with Gasteiger partial charge in [0.05, 0.1) is 19.1 Å². The molecule has 2 fully saturated rings. The molecule has 124 valence electrons. The highest BCUT2D eigenvalue weighted by Gasteiger charge is 2.42. The summed E-state index contributed by atoms with van der Waals surface area (Å²) in [6.07, 6.45) is 1.31. The fourth-order valence-electron chi connectivity index (χ4n) is 3.48. The molecule has 0 aromatic heterocycles. The maximum Gasteiger partial charge on any atom is 0.228 e. The molecule has 2 amide bonds. The van der Waals surface area contributed by atoms with Gasteiger partial charge in [0.15, 0.2) is 0 Å². The summed E-state index contributed by atoms with van der Waals surface area (Å²) in [7, 11) is 1.65. The first-order valence-electron chi connectivity index (χ1n) is 8.25. The zero-order chi connectivity index (χ0) is 16.6. The van der Waals surface area contributed by atoms with Gasteiger partial charge in [-0.1, -0.05) is 12.1 Å². The van der Waals surface area contributed by atoms with Gasteiger partial charge in [-0.2, -0.15) is 0 Å². The number of hydrogen-bond acceptors (Lipinski definition) is 3. The number of ether oxygens (including phenoxy) is 1. The van der Waals surface area contributed by atoms with Crippen LogP contribution < -0.4 is 4.74 Å². The fraction of sp³-hybridized carbons (Fsp3) is 0.556. The van der Waals surface area contributed by atoms with Gasteiger partial charge in [0.25, 0.3) is 0 Å². The molecule has 2 heterocycles. The lowest BCUT2D eigenvalue weighted by molar-refractivity contribution is -0.143. The number of amides is 2. The van der Waals surface area contributed by atoms with E-state index in [2.05, 4.69) is 0 Å². The maximum atomic E-state index is 12.8. The van der Waals surface area contributed by atoms with Crippen molar-refractivity contribution >= 4 is 11.8 Å². The van der Waals surface area contributed by atoms with Crippen molar-refractivity contribution < 1.29 is 14.3 Å². The predicted molar refractivity (Wildman–Crippen MR) is 87.0 cm³/mol. The average Bonchev–Trinajstić information content (AvgIpc) is 2.88. The van der Waals surface area contributed by atoms with E-state index in [1.54, 1.807) is 7.11 Å². The number of carbonyl (C=O) groups excluding carboxylic acids is 2. The Hall–Kier alpha value is -2.04. The minimum atomic E-state index is -0.196. The Labute approximate surface area is 137 Å². The summed E-state index contributed by atoms with van der Waals surface area (Å²) in [6.45, 7) is 5.31. The Morgan fingerprint density at radius 2 is 2.13 bits per heavy atom. The zero-order valence-electron chi connectivity index (χ0n) is 14.0. The van der Waals surface area contributed by atoms with Gasteiger partial charge in [-0.05, 0) is 38.0 Å². The Morgan fingerprint density at radius 1 is 1.35 bits per heavy atom. The van der Waals surface area contributed by atoms with E-state index in [0.717, 1.165) is 24.3 Å². The smallest absolute Gasteiger partial charge is 0.228 e. The van der Waals surface area contributed by atoms with Gasteiger partial charge in [0.2, 0.25) is 11.8 Å². The first-order valence-corrected chi connectivity index (χ1v) is 8.25. The van der Waals surface area contributed by atoms with Crippen LogP contribution in [0.4, 0.5) is 0 Å². The monoisotopic (exact) mass is 316 g/mol. The summed E-state index contributed by atoms with van der Waals surface area (Å²) in [4.78, 5) is 28.6. The fourth-order valence-corrected chi connectivity index (χ4v) is 3.48.